The molecule has 142 valence electrons. The van der Waals surface area contributed by atoms with E-state index in [0.29, 0.717) is 0 Å². The largest absolute Gasteiger partial charge is 0.497 e. The molecule has 1 heterocycles. The third kappa shape index (κ3) is 3.34. The van der Waals surface area contributed by atoms with E-state index in [4.69, 9.17) is 9.47 Å². The van der Waals surface area contributed by atoms with Crippen molar-refractivity contribution in [1.29, 1.82) is 0 Å². The molecule has 0 spiro atoms. The highest BCUT2D eigenvalue weighted by atomic mass is 16.5. The number of hydrogen-bond donors (Lipinski definition) is 0. The van der Waals surface area contributed by atoms with Gasteiger partial charge in [0, 0.05) is 31.9 Å². The quantitative estimate of drug-likeness (QED) is 0.816. The maximum absolute atomic E-state index is 13.2. The normalized spacial score (nSPS) is 18.1. The Balaban J connectivity index is 1.40. The molecule has 2 aromatic rings. The van der Waals surface area contributed by atoms with Crippen LogP contribution < -0.4 is 14.4 Å². The molecule has 1 aliphatic carbocycles. The fourth-order valence-electron chi connectivity index (χ4n) is 3.92. The summed E-state index contributed by atoms with van der Waals surface area (Å²) in [7, 11) is 3.34. The molecular formula is C22H26N2O3. The zero-order valence-corrected chi connectivity index (χ0v) is 16.0. The number of rotatable bonds is 5. The van der Waals surface area contributed by atoms with E-state index >= 15 is 0 Å². The monoisotopic (exact) mass is 366 g/mol. The molecule has 0 unspecified atom stereocenters. The molecule has 1 amide bonds. The van der Waals surface area contributed by atoms with E-state index in [2.05, 4.69) is 17.0 Å². The van der Waals surface area contributed by atoms with Gasteiger partial charge in [0.05, 0.1) is 19.6 Å². The molecule has 0 bridgehead atoms. The fraction of sp³-hybridized carbons (Fsp3) is 0.409. The van der Waals surface area contributed by atoms with E-state index in [0.717, 1.165) is 56.1 Å². The standard InChI is InChI=1S/C22H26N2O3/c1-26-19-7-3-17(4-8-19)22(11-12-22)21(25)24-15-13-23(14-16-24)18-5-9-20(27-2)10-6-18/h3-10H,11-16H2,1-2H3. The van der Waals surface area contributed by atoms with Crippen LogP contribution in [0, 0.1) is 0 Å². The lowest BCUT2D eigenvalue weighted by Gasteiger charge is -2.38. The number of amides is 1. The molecule has 4 rings (SSSR count). The molecule has 0 N–H and O–H groups in total. The molecule has 2 aromatic carbocycles. The molecule has 0 aromatic heterocycles. The average Bonchev–Trinajstić information content (AvgIpc) is 3.55. The van der Waals surface area contributed by atoms with Gasteiger partial charge in [-0.3, -0.25) is 4.79 Å². The van der Waals surface area contributed by atoms with Crippen molar-refractivity contribution in [3.63, 3.8) is 0 Å². The maximum atomic E-state index is 13.2. The number of ether oxygens (including phenoxy) is 2. The average molecular weight is 366 g/mol. The number of benzene rings is 2. The Hall–Kier alpha value is -2.69. The number of carbonyl (C=O) groups is 1. The molecule has 1 saturated heterocycles. The Labute approximate surface area is 160 Å². The van der Waals surface area contributed by atoms with Crippen molar-refractivity contribution in [3.05, 3.63) is 54.1 Å². The lowest BCUT2D eigenvalue weighted by atomic mass is 9.94. The molecule has 27 heavy (non-hydrogen) atoms. The number of nitrogens with zero attached hydrogens (tertiary/aromatic N) is 2. The van der Waals surface area contributed by atoms with Gasteiger partial charge in [0.15, 0.2) is 0 Å². The van der Waals surface area contributed by atoms with Crippen LogP contribution in [0.4, 0.5) is 5.69 Å². The Morgan fingerprint density at radius 2 is 1.33 bits per heavy atom. The van der Waals surface area contributed by atoms with Crippen LogP contribution in [0.5, 0.6) is 11.5 Å². The molecule has 2 aliphatic rings. The molecular weight excluding hydrogens is 340 g/mol. The van der Waals surface area contributed by atoms with Crippen molar-refractivity contribution < 1.29 is 14.3 Å². The molecule has 0 atom stereocenters. The summed E-state index contributed by atoms with van der Waals surface area (Å²) in [5.41, 5.74) is 1.99. The van der Waals surface area contributed by atoms with Gasteiger partial charge in [-0.05, 0) is 54.8 Å². The van der Waals surface area contributed by atoms with Crippen LogP contribution in [-0.4, -0.2) is 51.2 Å². The minimum absolute atomic E-state index is 0.280. The molecule has 5 nitrogen and oxygen atoms in total. The Morgan fingerprint density at radius 1 is 0.815 bits per heavy atom. The number of hydrogen-bond acceptors (Lipinski definition) is 4. The Bertz CT molecular complexity index is 789. The minimum Gasteiger partial charge on any atom is -0.497 e. The summed E-state index contributed by atoms with van der Waals surface area (Å²) in [6.45, 7) is 3.25. The molecule has 0 radical (unpaired) electrons. The first-order chi connectivity index (χ1) is 13.2. The maximum Gasteiger partial charge on any atom is 0.233 e. The number of methoxy groups -OCH3 is 2. The second-order valence-corrected chi connectivity index (χ2v) is 7.29. The van der Waals surface area contributed by atoms with Crippen LogP contribution in [0.15, 0.2) is 48.5 Å². The van der Waals surface area contributed by atoms with Crippen molar-refractivity contribution in [1.82, 2.24) is 4.90 Å². The first-order valence-corrected chi connectivity index (χ1v) is 9.49. The number of piperazine rings is 1. The summed E-state index contributed by atoms with van der Waals surface area (Å²) in [5.74, 6) is 1.97. The van der Waals surface area contributed by atoms with E-state index < -0.39 is 0 Å². The summed E-state index contributed by atoms with van der Waals surface area (Å²) in [6.07, 6.45) is 1.88. The van der Waals surface area contributed by atoms with Crippen LogP contribution in [0.3, 0.4) is 0 Å². The van der Waals surface area contributed by atoms with Crippen LogP contribution in [0.1, 0.15) is 18.4 Å². The van der Waals surface area contributed by atoms with Gasteiger partial charge in [0.1, 0.15) is 11.5 Å². The lowest BCUT2D eigenvalue weighted by Crippen LogP contribution is -2.51. The number of anilines is 1. The van der Waals surface area contributed by atoms with Gasteiger partial charge in [-0.2, -0.15) is 0 Å². The molecule has 1 aliphatic heterocycles. The van der Waals surface area contributed by atoms with Crippen LogP contribution in [0.2, 0.25) is 0 Å². The summed E-state index contributed by atoms with van der Waals surface area (Å²) in [5, 5.41) is 0. The third-order valence-electron chi connectivity index (χ3n) is 5.81. The van der Waals surface area contributed by atoms with E-state index in [1.165, 1.54) is 5.69 Å². The second-order valence-electron chi connectivity index (χ2n) is 7.29. The smallest absolute Gasteiger partial charge is 0.233 e. The van der Waals surface area contributed by atoms with E-state index in [1.54, 1.807) is 14.2 Å². The van der Waals surface area contributed by atoms with Crippen LogP contribution in [0.25, 0.3) is 0 Å². The predicted molar refractivity (Wildman–Crippen MR) is 106 cm³/mol. The fourth-order valence-corrected chi connectivity index (χ4v) is 3.92. The van der Waals surface area contributed by atoms with Crippen LogP contribution in [-0.2, 0) is 10.2 Å². The first kappa shape index (κ1) is 17.7. The topological polar surface area (TPSA) is 42.0 Å². The molecule has 1 saturated carbocycles. The number of carbonyl (C=O) groups excluding carboxylic acids is 1. The summed E-state index contributed by atoms with van der Waals surface area (Å²) in [4.78, 5) is 17.6. The van der Waals surface area contributed by atoms with E-state index in [1.807, 2.05) is 41.3 Å². The molecule has 2 fully saturated rings. The van der Waals surface area contributed by atoms with Gasteiger partial charge < -0.3 is 19.3 Å². The second kappa shape index (κ2) is 7.14. The molecule has 5 heteroatoms. The van der Waals surface area contributed by atoms with Gasteiger partial charge in [0.25, 0.3) is 0 Å². The van der Waals surface area contributed by atoms with E-state index in [-0.39, 0.29) is 11.3 Å². The van der Waals surface area contributed by atoms with E-state index in [9.17, 15) is 4.79 Å². The Kier molecular flexibility index (Phi) is 4.68. The van der Waals surface area contributed by atoms with Gasteiger partial charge >= 0.3 is 0 Å². The van der Waals surface area contributed by atoms with Gasteiger partial charge in [-0.1, -0.05) is 12.1 Å². The minimum atomic E-state index is -0.311. The zero-order chi connectivity index (χ0) is 18.9. The summed E-state index contributed by atoms with van der Waals surface area (Å²) >= 11 is 0. The SMILES string of the molecule is COc1ccc(N2CCN(C(=O)C3(c4ccc(OC)cc4)CC3)CC2)cc1. The highest BCUT2D eigenvalue weighted by Crippen LogP contribution is 2.50. The van der Waals surface area contributed by atoms with Crippen molar-refractivity contribution in [3.8, 4) is 11.5 Å². The zero-order valence-electron chi connectivity index (χ0n) is 16.0. The van der Waals surface area contributed by atoms with Crippen LogP contribution >= 0.6 is 0 Å². The summed E-state index contributed by atoms with van der Waals surface area (Å²) in [6, 6.07) is 16.1. The lowest BCUT2D eigenvalue weighted by molar-refractivity contribution is -0.134. The van der Waals surface area contributed by atoms with Crippen molar-refractivity contribution in [2.45, 2.75) is 18.3 Å². The van der Waals surface area contributed by atoms with Crippen molar-refractivity contribution in [2.75, 3.05) is 45.3 Å². The highest BCUT2D eigenvalue weighted by molar-refractivity contribution is 5.91. The van der Waals surface area contributed by atoms with Gasteiger partial charge in [0.2, 0.25) is 5.91 Å². The van der Waals surface area contributed by atoms with Gasteiger partial charge in [-0.15, -0.1) is 0 Å². The highest BCUT2D eigenvalue weighted by Gasteiger charge is 2.53. The first-order valence-electron chi connectivity index (χ1n) is 9.49. The third-order valence-corrected chi connectivity index (χ3v) is 5.81. The van der Waals surface area contributed by atoms with Crippen molar-refractivity contribution in [2.24, 2.45) is 0 Å². The summed E-state index contributed by atoms with van der Waals surface area (Å²) < 4.78 is 10.5. The van der Waals surface area contributed by atoms with Crippen molar-refractivity contribution >= 4 is 11.6 Å². The Morgan fingerprint density at radius 3 is 1.81 bits per heavy atom. The van der Waals surface area contributed by atoms with Gasteiger partial charge in [-0.25, -0.2) is 0 Å². The predicted octanol–water partition coefficient (Wildman–Crippen LogP) is 3.08.